The maximum Gasteiger partial charge on any atom is 0.234 e. The average molecular weight is 238 g/mol. The standard InChI is InChI=1S/C13H22N2O2/c16-13(9-15-3-5-17-6-4-15)14-12-8-10-1-2-11(12)7-10/h10-12H,1-9H2,(H,14,16)/t10-,11-,12-/m0/s1. The second-order valence-electron chi connectivity index (χ2n) is 5.74. The van der Waals surface area contributed by atoms with Gasteiger partial charge in [0.25, 0.3) is 0 Å². The molecule has 96 valence electrons. The van der Waals surface area contributed by atoms with E-state index < -0.39 is 0 Å². The Balaban J connectivity index is 1.44. The highest BCUT2D eigenvalue weighted by Gasteiger charge is 2.40. The van der Waals surface area contributed by atoms with Crippen molar-refractivity contribution in [1.29, 1.82) is 0 Å². The number of ether oxygens (including phenoxy) is 1. The van der Waals surface area contributed by atoms with Crippen molar-refractivity contribution in [3.63, 3.8) is 0 Å². The SMILES string of the molecule is O=C(CN1CCOCC1)N[C@H]1C[C@H]2CC[C@H]1C2. The zero-order valence-corrected chi connectivity index (χ0v) is 10.4. The van der Waals surface area contributed by atoms with Crippen LogP contribution >= 0.6 is 0 Å². The fraction of sp³-hybridized carbons (Fsp3) is 0.923. The highest BCUT2D eigenvalue weighted by atomic mass is 16.5. The van der Waals surface area contributed by atoms with Crippen LogP contribution in [0.2, 0.25) is 0 Å². The summed E-state index contributed by atoms with van der Waals surface area (Å²) in [5.74, 6) is 1.88. The van der Waals surface area contributed by atoms with E-state index in [1.54, 1.807) is 0 Å². The van der Waals surface area contributed by atoms with Gasteiger partial charge < -0.3 is 10.1 Å². The summed E-state index contributed by atoms with van der Waals surface area (Å²) < 4.78 is 5.28. The number of morpholine rings is 1. The number of amides is 1. The minimum atomic E-state index is 0.212. The summed E-state index contributed by atoms with van der Waals surface area (Å²) >= 11 is 0. The molecule has 3 rings (SSSR count). The molecule has 2 aliphatic carbocycles. The van der Waals surface area contributed by atoms with Crippen molar-refractivity contribution in [2.24, 2.45) is 11.8 Å². The largest absolute Gasteiger partial charge is 0.379 e. The summed E-state index contributed by atoms with van der Waals surface area (Å²) in [5, 5.41) is 3.24. The van der Waals surface area contributed by atoms with E-state index in [1.165, 1.54) is 25.7 Å². The summed E-state index contributed by atoms with van der Waals surface area (Å²) in [5.41, 5.74) is 0. The van der Waals surface area contributed by atoms with Gasteiger partial charge in [-0.2, -0.15) is 0 Å². The molecular weight excluding hydrogens is 216 g/mol. The van der Waals surface area contributed by atoms with E-state index in [1.807, 2.05) is 0 Å². The van der Waals surface area contributed by atoms with E-state index in [9.17, 15) is 4.79 Å². The molecule has 1 saturated heterocycles. The fourth-order valence-corrected chi connectivity index (χ4v) is 3.64. The molecule has 1 aliphatic heterocycles. The van der Waals surface area contributed by atoms with E-state index >= 15 is 0 Å². The number of fused-ring (bicyclic) bond motifs is 2. The molecule has 2 saturated carbocycles. The third-order valence-electron chi connectivity index (χ3n) is 4.56. The molecule has 1 heterocycles. The molecule has 3 fully saturated rings. The van der Waals surface area contributed by atoms with Gasteiger partial charge in [-0.1, -0.05) is 6.42 Å². The van der Waals surface area contributed by atoms with Crippen LogP contribution in [-0.2, 0) is 9.53 Å². The Morgan fingerprint density at radius 1 is 1.24 bits per heavy atom. The van der Waals surface area contributed by atoms with Gasteiger partial charge in [0.2, 0.25) is 5.91 Å². The molecule has 0 spiro atoms. The van der Waals surface area contributed by atoms with Crippen molar-refractivity contribution < 1.29 is 9.53 Å². The quantitative estimate of drug-likeness (QED) is 0.784. The van der Waals surface area contributed by atoms with Crippen LogP contribution in [0.4, 0.5) is 0 Å². The lowest BCUT2D eigenvalue weighted by molar-refractivity contribution is -0.124. The first kappa shape index (κ1) is 11.5. The first-order valence-corrected chi connectivity index (χ1v) is 6.91. The molecule has 0 unspecified atom stereocenters. The second-order valence-corrected chi connectivity index (χ2v) is 5.74. The molecule has 4 nitrogen and oxygen atoms in total. The lowest BCUT2D eigenvalue weighted by Gasteiger charge is -2.28. The molecule has 4 heteroatoms. The van der Waals surface area contributed by atoms with E-state index in [2.05, 4.69) is 10.2 Å². The molecule has 0 radical (unpaired) electrons. The normalized spacial score (nSPS) is 37.3. The first-order chi connectivity index (χ1) is 8.31. The Morgan fingerprint density at radius 2 is 2.06 bits per heavy atom. The average Bonchev–Trinajstić information content (AvgIpc) is 2.92. The van der Waals surface area contributed by atoms with E-state index in [-0.39, 0.29) is 5.91 Å². The number of nitrogens with one attached hydrogen (secondary N) is 1. The van der Waals surface area contributed by atoms with Crippen LogP contribution in [0.25, 0.3) is 0 Å². The Kier molecular flexibility index (Phi) is 3.34. The number of hydrogen-bond acceptors (Lipinski definition) is 3. The molecule has 1 amide bonds. The van der Waals surface area contributed by atoms with Crippen LogP contribution in [0.1, 0.15) is 25.7 Å². The van der Waals surface area contributed by atoms with Crippen molar-refractivity contribution >= 4 is 5.91 Å². The molecule has 17 heavy (non-hydrogen) atoms. The Hall–Kier alpha value is -0.610. The van der Waals surface area contributed by atoms with Crippen LogP contribution in [0.5, 0.6) is 0 Å². The van der Waals surface area contributed by atoms with Gasteiger partial charge in [-0.25, -0.2) is 0 Å². The third-order valence-corrected chi connectivity index (χ3v) is 4.56. The third kappa shape index (κ3) is 2.63. The van der Waals surface area contributed by atoms with E-state index in [0.29, 0.717) is 12.6 Å². The molecule has 2 bridgehead atoms. The van der Waals surface area contributed by atoms with E-state index in [4.69, 9.17) is 4.74 Å². The predicted octanol–water partition coefficient (Wildman–Crippen LogP) is 0.623. The molecule has 3 atom stereocenters. The van der Waals surface area contributed by atoms with Crippen molar-refractivity contribution in [2.75, 3.05) is 32.8 Å². The van der Waals surface area contributed by atoms with Gasteiger partial charge in [-0.15, -0.1) is 0 Å². The maximum atomic E-state index is 11.9. The van der Waals surface area contributed by atoms with Crippen LogP contribution in [0.15, 0.2) is 0 Å². The summed E-state index contributed by atoms with van der Waals surface area (Å²) in [6, 6.07) is 0.474. The Morgan fingerprint density at radius 3 is 2.71 bits per heavy atom. The van der Waals surface area contributed by atoms with Crippen molar-refractivity contribution in [3.05, 3.63) is 0 Å². The smallest absolute Gasteiger partial charge is 0.234 e. The van der Waals surface area contributed by atoms with Gasteiger partial charge in [0.05, 0.1) is 19.8 Å². The lowest BCUT2D eigenvalue weighted by atomic mass is 9.95. The molecule has 1 N–H and O–H groups in total. The topological polar surface area (TPSA) is 41.6 Å². The lowest BCUT2D eigenvalue weighted by Crippen LogP contribution is -2.47. The number of carbonyl (C=O) groups is 1. The fourth-order valence-electron chi connectivity index (χ4n) is 3.64. The second kappa shape index (κ2) is 4.94. The Bertz CT molecular complexity index is 289. The molecule has 0 aromatic carbocycles. The summed E-state index contributed by atoms with van der Waals surface area (Å²) in [4.78, 5) is 14.1. The van der Waals surface area contributed by atoms with Crippen molar-refractivity contribution in [3.8, 4) is 0 Å². The van der Waals surface area contributed by atoms with Crippen LogP contribution in [-0.4, -0.2) is 49.7 Å². The van der Waals surface area contributed by atoms with E-state index in [0.717, 1.165) is 38.1 Å². The summed E-state index contributed by atoms with van der Waals surface area (Å²) in [6.07, 6.45) is 5.29. The maximum absolute atomic E-state index is 11.9. The van der Waals surface area contributed by atoms with Crippen LogP contribution in [0.3, 0.4) is 0 Å². The first-order valence-electron chi connectivity index (χ1n) is 6.91. The van der Waals surface area contributed by atoms with Gasteiger partial charge >= 0.3 is 0 Å². The molecular formula is C13H22N2O2. The van der Waals surface area contributed by atoms with Gasteiger partial charge in [-0.05, 0) is 31.1 Å². The zero-order chi connectivity index (χ0) is 11.7. The number of hydrogen-bond donors (Lipinski definition) is 1. The molecule has 0 aromatic rings. The minimum absolute atomic E-state index is 0.212. The number of nitrogens with zero attached hydrogens (tertiary/aromatic N) is 1. The van der Waals surface area contributed by atoms with Crippen molar-refractivity contribution in [2.45, 2.75) is 31.7 Å². The van der Waals surface area contributed by atoms with Crippen LogP contribution < -0.4 is 5.32 Å². The molecule has 3 aliphatic rings. The Labute approximate surface area is 103 Å². The summed E-state index contributed by atoms with van der Waals surface area (Å²) in [7, 11) is 0. The number of rotatable bonds is 3. The number of carbonyl (C=O) groups excluding carboxylic acids is 1. The highest BCUT2D eigenvalue weighted by molar-refractivity contribution is 5.78. The summed E-state index contributed by atoms with van der Waals surface area (Å²) in [6.45, 7) is 3.87. The van der Waals surface area contributed by atoms with Gasteiger partial charge in [0.1, 0.15) is 0 Å². The monoisotopic (exact) mass is 238 g/mol. The molecule has 0 aromatic heterocycles. The van der Waals surface area contributed by atoms with Gasteiger partial charge in [0.15, 0.2) is 0 Å². The minimum Gasteiger partial charge on any atom is -0.379 e. The zero-order valence-electron chi connectivity index (χ0n) is 10.4. The predicted molar refractivity (Wildman–Crippen MR) is 64.6 cm³/mol. The van der Waals surface area contributed by atoms with Crippen LogP contribution in [0, 0.1) is 11.8 Å². The highest BCUT2D eigenvalue weighted by Crippen LogP contribution is 2.44. The van der Waals surface area contributed by atoms with Gasteiger partial charge in [0, 0.05) is 19.1 Å². The van der Waals surface area contributed by atoms with Gasteiger partial charge in [-0.3, -0.25) is 9.69 Å². The van der Waals surface area contributed by atoms with Crippen molar-refractivity contribution in [1.82, 2.24) is 10.2 Å².